The third-order valence-corrected chi connectivity index (χ3v) is 15.0. The minimum atomic E-state index is -3.79. The monoisotopic (exact) mass is 701 g/mol. The number of piperidine rings is 1. The Morgan fingerprint density at radius 3 is 2.52 bits per heavy atom. The number of benzene rings is 1. The predicted molar refractivity (Wildman–Crippen MR) is 182 cm³/mol. The van der Waals surface area contributed by atoms with Crippen LogP contribution in [0.3, 0.4) is 0 Å². The van der Waals surface area contributed by atoms with Gasteiger partial charge in [0.15, 0.2) is 0 Å². The quantitative estimate of drug-likeness (QED) is 0.259. The Bertz CT molecular complexity index is 1800. The van der Waals surface area contributed by atoms with Crippen molar-refractivity contribution in [2.24, 2.45) is 16.7 Å². The van der Waals surface area contributed by atoms with Crippen molar-refractivity contribution in [2.75, 3.05) is 37.4 Å². The number of nitrogens with one attached hydrogen (secondary N) is 3. The molecule has 2 saturated carbocycles. The van der Waals surface area contributed by atoms with Gasteiger partial charge in [0.1, 0.15) is 15.9 Å². The van der Waals surface area contributed by atoms with E-state index in [1.54, 1.807) is 4.31 Å². The molecule has 2 heterocycles. The van der Waals surface area contributed by atoms with Gasteiger partial charge in [0, 0.05) is 48.6 Å². The molecule has 1 aromatic carbocycles. The molecule has 2 aromatic rings. The smallest absolute Gasteiger partial charge is 0.242 e. The number of imidazole rings is 1. The fourth-order valence-corrected chi connectivity index (χ4v) is 12.1. The van der Waals surface area contributed by atoms with E-state index in [0.29, 0.717) is 44.5 Å². The Hall–Kier alpha value is -3.07. The Labute approximate surface area is 283 Å². The van der Waals surface area contributed by atoms with Crippen molar-refractivity contribution in [2.45, 2.75) is 75.9 Å². The molecule has 262 valence electrons. The molecule has 1 saturated heterocycles. The van der Waals surface area contributed by atoms with Gasteiger partial charge in [0.2, 0.25) is 21.8 Å². The summed E-state index contributed by atoms with van der Waals surface area (Å²) in [6.45, 7) is 4.61. The van der Waals surface area contributed by atoms with Crippen molar-refractivity contribution in [1.82, 2.24) is 24.9 Å². The maximum atomic E-state index is 14.2. The molecule has 6 rings (SSSR count). The van der Waals surface area contributed by atoms with Crippen LogP contribution in [-0.4, -0.2) is 97.1 Å². The Morgan fingerprint density at radius 1 is 1.12 bits per heavy atom. The molecule has 4 aliphatic rings. The van der Waals surface area contributed by atoms with Crippen molar-refractivity contribution in [3.8, 4) is 0 Å². The number of aliphatic hydroxyl groups is 1. The number of aromatic amines is 1. The largest absolute Gasteiger partial charge is 0.387 e. The highest BCUT2D eigenvalue weighted by Gasteiger charge is 2.72. The summed E-state index contributed by atoms with van der Waals surface area (Å²) in [5.74, 6) is -1.61. The predicted octanol–water partition coefficient (Wildman–Crippen LogP) is 1.94. The van der Waals surface area contributed by atoms with Crippen LogP contribution in [0.1, 0.15) is 69.2 Å². The maximum Gasteiger partial charge on any atom is 0.242 e. The number of amides is 2. The number of carbonyl (C=O) groups excluding carboxylic acids is 2. The Kier molecular flexibility index (Phi) is 8.96. The number of hydrogen-bond donors (Lipinski definition) is 4. The molecule has 1 spiro atoms. The third-order valence-electron chi connectivity index (χ3n) is 12.1. The highest BCUT2D eigenvalue weighted by Crippen LogP contribution is 2.70. The number of fused-ring (bicyclic) bond motifs is 4. The van der Waals surface area contributed by atoms with E-state index >= 15 is 0 Å². The molecule has 4 atom stereocenters. The molecule has 2 bridgehead atoms. The van der Waals surface area contributed by atoms with Gasteiger partial charge in [0.05, 0.1) is 29.9 Å². The number of carbonyl (C=O) groups is 2. The van der Waals surface area contributed by atoms with E-state index in [1.807, 2.05) is 26.0 Å². The standard InChI is InChI=1S/C34H47N5O7S2/c1-31(2)25-9-12-33(31,22-48(45,46)39-15-13-32(14-16-39)11-8-24-6-4-5-7-27(24)32)34(42,19-25)21-36-30(41)28(10-17-47(3,43)44)38-29(40)18-26-20-35-23-37-26/h4-8,11,20,23,25,28,42H,9-10,12-19,21-22H2,1-3H3,(H,35,37)(H,36,41)(H,38,40)/t25-,28?,33+,34+/m1/s1. The number of hydrogen-bond acceptors (Lipinski definition) is 8. The van der Waals surface area contributed by atoms with Crippen LogP contribution >= 0.6 is 0 Å². The minimum Gasteiger partial charge on any atom is -0.387 e. The van der Waals surface area contributed by atoms with Crippen LogP contribution in [0.25, 0.3) is 6.08 Å². The summed E-state index contributed by atoms with van der Waals surface area (Å²) in [5.41, 5.74) is -0.263. The summed E-state index contributed by atoms with van der Waals surface area (Å²) in [4.78, 5) is 33.0. The van der Waals surface area contributed by atoms with E-state index in [4.69, 9.17) is 0 Å². The van der Waals surface area contributed by atoms with Gasteiger partial charge in [-0.2, -0.15) is 0 Å². The molecule has 1 unspecified atom stereocenters. The minimum absolute atomic E-state index is 0.0643. The fraction of sp³-hybridized carbons (Fsp3) is 0.618. The van der Waals surface area contributed by atoms with Gasteiger partial charge in [0.25, 0.3) is 0 Å². The second-order valence-corrected chi connectivity index (χ2v) is 19.2. The van der Waals surface area contributed by atoms with Crippen LogP contribution in [-0.2, 0) is 41.3 Å². The second kappa shape index (κ2) is 12.4. The lowest BCUT2D eigenvalue weighted by atomic mass is 9.64. The SMILES string of the molecule is CC1(C)[C@@H]2CC[C@@]1(CS(=O)(=O)N1CCC3(C=Cc4ccccc43)CC1)[C@@](O)(CNC(=O)C(CCS(C)(=O)=O)NC(=O)Cc1cnc[nH]1)C2. The number of rotatable bonds is 12. The van der Waals surface area contributed by atoms with Crippen LogP contribution in [0, 0.1) is 16.7 Å². The van der Waals surface area contributed by atoms with E-state index in [1.165, 1.54) is 23.7 Å². The van der Waals surface area contributed by atoms with E-state index in [0.717, 1.165) is 12.7 Å². The molecule has 1 aromatic heterocycles. The zero-order valence-electron chi connectivity index (χ0n) is 27.9. The summed E-state index contributed by atoms with van der Waals surface area (Å²) in [6.07, 6.45) is 11.1. The third kappa shape index (κ3) is 6.25. The topological polar surface area (TPSA) is 179 Å². The van der Waals surface area contributed by atoms with E-state index in [2.05, 4.69) is 44.9 Å². The molecular formula is C34H47N5O7S2. The van der Waals surface area contributed by atoms with Crippen LogP contribution in [0.4, 0.5) is 0 Å². The number of allylic oxidation sites excluding steroid dienone is 1. The first kappa shape index (κ1) is 34.8. The van der Waals surface area contributed by atoms with Crippen molar-refractivity contribution in [1.29, 1.82) is 0 Å². The molecule has 3 fully saturated rings. The molecule has 4 N–H and O–H groups in total. The fourth-order valence-electron chi connectivity index (χ4n) is 9.11. The van der Waals surface area contributed by atoms with Crippen molar-refractivity contribution in [3.05, 3.63) is 59.7 Å². The zero-order chi connectivity index (χ0) is 34.6. The number of aromatic nitrogens is 2. The number of sulfone groups is 1. The van der Waals surface area contributed by atoms with E-state index < -0.39 is 54.1 Å². The van der Waals surface area contributed by atoms with Crippen LogP contribution in [0.2, 0.25) is 0 Å². The van der Waals surface area contributed by atoms with Gasteiger partial charge >= 0.3 is 0 Å². The highest BCUT2D eigenvalue weighted by atomic mass is 32.2. The molecule has 3 aliphatic carbocycles. The van der Waals surface area contributed by atoms with E-state index in [9.17, 15) is 31.5 Å². The summed E-state index contributed by atoms with van der Waals surface area (Å²) in [5, 5.41) is 17.8. The summed E-state index contributed by atoms with van der Waals surface area (Å²) in [6, 6.07) is 7.09. The van der Waals surface area contributed by atoms with Crippen LogP contribution < -0.4 is 10.6 Å². The molecular weight excluding hydrogens is 655 g/mol. The summed E-state index contributed by atoms with van der Waals surface area (Å²) < 4.78 is 53.9. The molecule has 14 heteroatoms. The van der Waals surface area contributed by atoms with Crippen LogP contribution in [0.5, 0.6) is 0 Å². The first-order chi connectivity index (χ1) is 22.5. The first-order valence-corrected chi connectivity index (χ1v) is 20.4. The van der Waals surface area contributed by atoms with Gasteiger partial charge in [-0.15, -0.1) is 0 Å². The first-order valence-electron chi connectivity index (χ1n) is 16.7. The lowest BCUT2D eigenvalue weighted by Gasteiger charge is -2.49. The lowest BCUT2D eigenvalue weighted by molar-refractivity contribution is -0.131. The van der Waals surface area contributed by atoms with Gasteiger partial charge in [-0.1, -0.05) is 50.3 Å². The second-order valence-electron chi connectivity index (χ2n) is 15.0. The average molecular weight is 702 g/mol. The van der Waals surface area contributed by atoms with Gasteiger partial charge in [-0.25, -0.2) is 26.1 Å². The number of sulfonamides is 1. The number of H-pyrrole nitrogens is 1. The van der Waals surface area contributed by atoms with Gasteiger partial charge in [-0.3, -0.25) is 9.59 Å². The Morgan fingerprint density at radius 2 is 1.85 bits per heavy atom. The van der Waals surface area contributed by atoms with Crippen molar-refractivity contribution >= 4 is 37.8 Å². The number of nitrogens with zero attached hydrogens (tertiary/aromatic N) is 2. The molecule has 0 radical (unpaired) electrons. The summed E-state index contributed by atoms with van der Waals surface area (Å²) in [7, 11) is -7.23. The normalized spacial score (nSPS) is 28.0. The van der Waals surface area contributed by atoms with Crippen LogP contribution in [0.15, 0.2) is 42.9 Å². The van der Waals surface area contributed by atoms with Crippen molar-refractivity contribution < 1.29 is 31.5 Å². The molecule has 1 aliphatic heterocycles. The Balaban J connectivity index is 1.16. The maximum absolute atomic E-state index is 14.2. The summed E-state index contributed by atoms with van der Waals surface area (Å²) >= 11 is 0. The van der Waals surface area contributed by atoms with Crippen molar-refractivity contribution in [3.63, 3.8) is 0 Å². The van der Waals surface area contributed by atoms with Gasteiger partial charge in [-0.05, 0) is 61.0 Å². The highest BCUT2D eigenvalue weighted by molar-refractivity contribution is 7.90. The van der Waals surface area contributed by atoms with E-state index in [-0.39, 0.29) is 42.2 Å². The molecule has 2 amide bonds. The zero-order valence-corrected chi connectivity index (χ0v) is 29.5. The lowest BCUT2D eigenvalue weighted by Crippen LogP contribution is -2.61. The average Bonchev–Trinajstić information content (AvgIpc) is 3.75. The molecule has 48 heavy (non-hydrogen) atoms. The van der Waals surface area contributed by atoms with Gasteiger partial charge < -0.3 is 20.7 Å². The molecule has 12 nitrogen and oxygen atoms in total.